The summed E-state index contributed by atoms with van der Waals surface area (Å²) in [7, 11) is 0. The van der Waals surface area contributed by atoms with E-state index in [0.29, 0.717) is 18.8 Å². The molecule has 0 saturated carbocycles. The van der Waals surface area contributed by atoms with Gasteiger partial charge in [-0.25, -0.2) is 4.68 Å². The first-order valence-electron chi connectivity index (χ1n) is 8.69. The Kier molecular flexibility index (Phi) is 5.14. The van der Waals surface area contributed by atoms with Gasteiger partial charge in [-0.05, 0) is 21.6 Å². The van der Waals surface area contributed by atoms with Crippen molar-refractivity contribution in [3.05, 3.63) is 78.4 Å². The average molecular weight is 375 g/mol. The molecule has 4 aromatic rings. The van der Waals surface area contributed by atoms with E-state index < -0.39 is 6.04 Å². The lowest BCUT2D eigenvalue weighted by Crippen LogP contribution is -2.34. The third kappa shape index (κ3) is 4.09. The third-order valence-corrected chi connectivity index (χ3v) is 4.30. The van der Waals surface area contributed by atoms with E-state index in [2.05, 4.69) is 31.0 Å². The fourth-order valence-corrected chi connectivity index (χ4v) is 2.83. The lowest BCUT2D eigenvalue weighted by atomic mass is 10.1. The van der Waals surface area contributed by atoms with E-state index in [1.807, 2.05) is 54.6 Å². The quantitative estimate of drug-likeness (QED) is 0.524. The molecule has 9 nitrogen and oxygen atoms in total. The normalized spacial score (nSPS) is 11.9. The second-order valence-electron chi connectivity index (χ2n) is 6.16. The molecule has 0 unspecified atom stereocenters. The standard InChI is InChI=1S/C19H17N7O2/c27-19(17(26-12-22-24-25-26)10-14-4-2-1-3-5-14)20-11-15-6-8-16(9-7-15)18-21-13-28-23-18/h1-9,12-13,17H,10-11H2,(H,20,27)/t17-/m1/s1. The number of nitrogens with zero attached hydrogens (tertiary/aromatic N) is 6. The second-order valence-corrected chi connectivity index (χ2v) is 6.16. The minimum atomic E-state index is -0.531. The van der Waals surface area contributed by atoms with E-state index in [-0.39, 0.29) is 5.91 Å². The maximum absolute atomic E-state index is 12.8. The molecule has 28 heavy (non-hydrogen) atoms. The van der Waals surface area contributed by atoms with Crippen LogP contribution < -0.4 is 5.32 Å². The Bertz CT molecular complexity index is 1000. The summed E-state index contributed by atoms with van der Waals surface area (Å²) in [4.78, 5) is 16.8. The van der Waals surface area contributed by atoms with Crippen LogP contribution in [0.1, 0.15) is 17.2 Å². The molecular formula is C19H17N7O2. The van der Waals surface area contributed by atoms with E-state index in [4.69, 9.17) is 4.52 Å². The molecule has 0 saturated heterocycles. The monoisotopic (exact) mass is 375 g/mol. The van der Waals surface area contributed by atoms with Gasteiger partial charge in [-0.2, -0.15) is 4.98 Å². The van der Waals surface area contributed by atoms with Crippen LogP contribution in [0.5, 0.6) is 0 Å². The van der Waals surface area contributed by atoms with Crippen molar-refractivity contribution in [2.45, 2.75) is 19.0 Å². The highest BCUT2D eigenvalue weighted by atomic mass is 16.5. The molecule has 0 aliphatic rings. The molecule has 2 aromatic carbocycles. The first kappa shape index (κ1) is 17.5. The summed E-state index contributed by atoms with van der Waals surface area (Å²) in [5.41, 5.74) is 2.83. The molecule has 1 atom stereocenters. The van der Waals surface area contributed by atoms with Gasteiger partial charge in [0.2, 0.25) is 18.1 Å². The van der Waals surface area contributed by atoms with Crippen molar-refractivity contribution >= 4 is 5.91 Å². The van der Waals surface area contributed by atoms with E-state index in [9.17, 15) is 4.79 Å². The van der Waals surface area contributed by atoms with E-state index in [1.165, 1.54) is 17.4 Å². The van der Waals surface area contributed by atoms with Gasteiger partial charge in [0.05, 0.1) is 0 Å². The number of aromatic nitrogens is 6. The number of carbonyl (C=O) groups excluding carboxylic acids is 1. The second kappa shape index (κ2) is 8.21. The molecule has 0 aliphatic heterocycles. The Balaban J connectivity index is 1.43. The van der Waals surface area contributed by atoms with E-state index >= 15 is 0 Å². The molecule has 0 bridgehead atoms. The number of nitrogens with one attached hydrogen (secondary N) is 1. The highest BCUT2D eigenvalue weighted by Crippen LogP contribution is 2.16. The molecule has 140 valence electrons. The molecule has 0 aliphatic carbocycles. The van der Waals surface area contributed by atoms with Gasteiger partial charge < -0.3 is 9.84 Å². The van der Waals surface area contributed by atoms with Crippen LogP contribution in [0.15, 0.2) is 71.8 Å². The number of hydrogen-bond donors (Lipinski definition) is 1. The molecule has 0 fully saturated rings. The number of rotatable bonds is 7. The van der Waals surface area contributed by atoms with Gasteiger partial charge >= 0.3 is 0 Å². The van der Waals surface area contributed by atoms with Gasteiger partial charge in [-0.1, -0.05) is 59.8 Å². The molecule has 0 spiro atoms. The van der Waals surface area contributed by atoms with Crippen LogP contribution in [0.2, 0.25) is 0 Å². The number of hydrogen-bond acceptors (Lipinski definition) is 7. The summed E-state index contributed by atoms with van der Waals surface area (Å²) in [6.45, 7) is 0.388. The fraction of sp³-hybridized carbons (Fsp3) is 0.158. The Hall–Kier alpha value is -3.88. The van der Waals surface area contributed by atoms with Crippen molar-refractivity contribution in [3.63, 3.8) is 0 Å². The Morgan fingerprint density at radius 3 is 2.57 bits per heavy atom. The highest BCUT2D eigenvalue weighted by molar-refractivity contribution is 5.80. The third-order valence-electron chi connectivity index (χ3n) is 4.30. The zero-order chi connectivity index (χ0) is 19.2. The van der Waals surface area contributed by atoms with Crippen LogP contribution in [0.4, 0.5) is 0 Å². The number of benzene rings is 2. The lowest BCUT2D eigenvalue weighted by Gasteiger charge is -2.16. The van der Waals surface area contributed by atoms with Gasteiger partial charge in [0.25, 0.3) is 0 Å². The molecule has 1 amide bonds. The van der Waals surface area contributed by atoms with Crippen LogP contribution in [0.25, 0.3) is 11.4 Å². The Morgan fingerprint density at radius 1 is 1.07 bits per heavy atom. The van der Waals surface area contributed by atoms with Crippen LogP contribution >= 0.6 is 0 Å². The molecule has 4 rings (SSSR count). The van der Waals surface area contributed by atoms with Gasteiger partial charge in [-0.3, -0.25) is 4.79 Å². The molecule has 2 aromatic heterocycles. The van der Waals surface area contributed by atoms with Crippen LogP contribution in [0, 0.1) is 0 Å². The largest absolute Gasteiger partial charge is 0.350 e. The van der Waals surface area contributed by atoms with E-state index in [1.54, 1.807) is 0 Å². The topological polar surface area (TPSA) is 112 Å². The average Bonchev–Trinajstić information content (AvgIpc) is 3.46. The van der Waals surface area contributed by atoms with Gasteiger partial charge in [-0.15, -0.1) is 5.10 Å². The number of carbonyl (C=O) groups is 1. The summed E-state index contributed by atoms with van der Waals surface area (Å²) in [6, 6.07) is 16.8. The summed E-state index contributed by atoms with van der Waals surface area (Å²) >= 11 is 0. The summed E-state index contributed by atoms with van der Waals surface area (Å²) in [5, 5.41) is 18.0. The van der Waals surface area contributed by atoms with Crippen LogP contribution in [0.3, 0.4) is 0 Å². The minimum Gasteiger partial charge on any atom is -0.350 e. The fourth-order valence-electron chi connectivity index (χ4n) is 2.83. The maximum Gasteiger partial charge on any atom is 0.245 e. The summed E-state index contributed by atoms with van der Waals surface area (Å²) < 4.78 is 6.23. The van der Waals surface area contributed by atoms with Crippen molar-refractivity contribution in [2.75, 3.05) is 0 Å². The highest BCUT2D eigenvalue weighted by Gasteiger charge is 2.22. The lowest BCUT2D eigenvalue weighted by molar-refractivity contribution is -0.124. The number of amides is 1. The molecule has 0 radical (unpaired) electrons. The first-order chi connectivity index (χ1) is 13.8. The molecule has 9 heteroatoms. The molecular weight excluding hydrogens is 358 g/mol. The summed E-state index contributed by atoms with van der Waals surface area (Å²) in [6.07, 6.45) is 3.23. The van der Waals surface area contributed by atoms with Crippen LogP contribution in [-0.2, 0) is 17.8 Å². The SMILES string of the molecule is O=C(NCc1ccc(-c2ncon2)cc1)[C@@H](Cc1ccccc1)n1cnnn1. The zero-order valence-corrected chi connectivity index (χ0v) is 14.8. The van der Waals surface area contributed by atoms with Crippen molar-refractivity contribution in [3.8, 4) is 11.4 Å². The molecule has 1 N–H and O–H groups in total. The zero-order valence-electron chi connectivity index (χ0n) is 14.8. The molecule has 2 heterocycles. The summed E-state index contributed by atoms with van der Waals surface area (Å²) in [5.74, 6) is 0.371. The van der Waals surface area contributed by atoms with E-state index in [0.717, 1.165) is 16.7 Å². The van der Waals surface area contributed by atoms with Gasteiger partial charge in [0.1, 0.15) is 12.4 Å². The first-order valence-corrected chi connectivity index (χ1v) is 8.69. The van der Waals surface area contributed by atoms with Gasteiger partial charge in [0.15, 0.2) is 0 Å². The predicted octanol–water partition coefficient (Wildman–Crippen LogP) is 1.82. The maximum atomic E-state index is 12.8. The Morgan fingerprint density at radius 2 is 1.89 bits per heavy atom. The van der Waals surface area contributed by atoms with Crippen LogP contribution in [-0.4, -0.2) is 36.3 Å². The van der Waals surface area contributed by atoms with Crippen molar-refractivity contribution in [2.24, 2.45) is 0 Å². The van der Waals surface area contributed by atoms with Crippen molar-refractivity contribution in [1.82, 2.24) is 35.7 Å². The number of tetrazole rings is 1. The Labute approximate surface area is 160 Å². The van der Waals surface area contributed by atoms with Gasteiger partial charge in [0, 0.05) is 18.5 Å². The minimum absolute atomic E-state index is 0.154. The predicted molar refractivity (Wildman–Crippen MR) is 98.6 cm³/mol. The smallest absolute Gasteiger partial charge is 0.245 e. The van der Waals surface area contributed by atoms with Crippen molar-refractivity contribution < 1.29 is 9.32 Å². The van der Waals surface area contributed by atoms with Crippen molar-refractivity contribution in [1.29, 1.82) is 0 Å².